The monoisotopic (exact) mass is 693 g/mol. The summed E-state index contributed by atoms with van der Waals surface area (Å²) in [4.78, 5) is 2.33. The molecule has 0 aromatic heterocycles. The third-order valence-corrected chi connectivity index (χ3v) is 11.5. The zero-order valence-electron chi connectivity index (χ0n) is 31.1. The van der Waals surface area contributed by atoms with E-state index in [2.05, 4.69) is 196 Å². The number of fused-ring (bicyclic) bond motifs is 9. The van der Waals surface area contributed by atoms with E-state index in [0.717, 1.165) is 17.1 Å². The van der Waals surface area contributed by atoms with Gasteiger partial charge in [0.1, 0.15) is 0 Å². The van der Waals surface area contributed by atoms with E-state index in [9.17, 15) is 0 Å². The van der Waals surface area contributed by atoms with Crippen molar-refractivity contribution in [2.45, 2.75) is 31.6 Å². The van der Waals surface area contributed by atoms with Crippen molar-refractivity contribution in [3.63, 3.8) is 0 Å². The van der Waals surface area contributed by atoms with Gasteiger partial charge < -0.3 is 4.90 Å². The summed E-state index contributed by atoms with van der Waals surface area (Å²) < 4.78 is 0. The van der Waals surface area contributed by atoms with E-state index in [4.69, 9.17) is 0 Å². The van der Waals surface area contributed by atoms with Crippen LogP contribution in [0.5, 0.6) is 0 Å². The second kappa shape index (κ2) is 13.5. The van der Waals surface area contributed by atoms with Crippen molar-refractivity contribution in [3.05, 3.63) is 245 Å². The lowest BCUT2D eigenvalue weighted by Gasteiger charge is -2.46. The Labute approximate surface area is 319 Å². The van der Waals surface area contributed by atoms with Crippen molar-refractivity contribution in [3.8, 4) is 22.3 Å². The summed E-state index contributed by atoms with van der Waals surface area (Å²) in [6.07, 6.45) is 0. The van der Waals surface area contributed by atoms with Crippen LogP contribution >= 0.6 is 0 Å². The summed E-state index contributed by atoms with van der Waals surface area (Å²) >= 11 is 0. The first-order chi connectivity index (χ1) is 26.5. The molecule has 54 heavy (non-hydrogen) atoms. The molecule has 1 heteroatoms. The standard InChI is InChI=1S/C47H37N.C6H6/c1-32-24-28-35(29-25-32)48(34-14-5-4-6-15-34)36-30-26-33(27-31-36)37-17-13-23-44-45(37)38-16-7-8-18-39(38)47(44)42-21-11-9-19-40(42)46(2,3)41-20-10-12-22-43(41)47;1-2-4-6-5-3-1/h4-31H,1-3H3;1-6H. The first-order valence-electron chi connectivity index (χ1n) is 19.0. The van der Waals surface area contributed by atoms with Crippen LogP contribution in [0.2, 0.25) is 0 Å². The molecule has 10 rings (SSSR count). The van der Waals surface area contributed by atoms with Crippen LogP contribution < -0.4 is 4.90 Å². The summed E-state index contributed by atoms with van der Waals surface area (Å²) in [6, 6.07) is 74.9. The molecule has 1 nitrogen and oxygen atoms in total. The van der Waals surface area contributed by atoms with Gasteiger partial charge in [-0.15, -0.1) is 0 Å². The van der Waals surface area contributed by atoms with E-state index in [1.807, 2.05) is 36.4 Å². The maximum Gasteiger partial charge on any atom is 0.0719 e. The minimum absolute atomic E-state index is 0.106. The molecule has 8 aromatic carbocycles. The number of nitrogens with zero attached hydrogens (tertiary/aromatic N) is 1. The van der Waals surface area contributed by atoms with E-state index in [0.29, 0.717) is 0 Å². The number of para-hydroxylation sites is 1. The highest BCUT2D eigenvalue weighted by molar-refractivity contribution is 5.96. The highest BCUT2D eigenvalue weighted by atomic mass is 15.1. The largest absolute Gasteiger partial charge is 0.311 e. The fraction of sp³-hybridized carbons (Fsp3) is 0.0943. The highest BCUT2D eigenvalue weighted by Crippen LogP contribution is 2.63. The van der Waals surface area contributed by atoms with Gasteiger partial charge in [0.05, 0.1) is 5.41 Å². The molecular formula is C53H43N. The molecule has 1 spiro atoms. The molecule has 0 N–H and O–H groups in total. The summed E-state index contributed by atoms with van der Waals surface area (Å²) in [5, 5.41) is 0. The number of benzene rings is 8. The Morgan fingerprint density at radius 1 is 0.333 bits per heavy atom. The second-order valence-corrected chi connectivity index (χ2v) is 14.9. The Bertz CT molecular complexity index is 2490. The predicted octanol–water partition coefficient (Wildman–Crippen LogP) is 13.8. The number of hydrogen-bond acceptors (Lipinski definition) is 1. The maximum atomic E-state index is 2.38. The van der Waals surface area contributed by atoms with Crippen molar-refractivity contribution in [2.75, 3.05) is 4.90 Å². The van der Waals surface area contributed by atoms with Gasteiger partial charge in [-0.1, -0.05) is 189 Å². The molecule has 0 radical (unpaired) electrons. The lowest BCUT2D eigenvalue weighted by molar-refractivity contribution is 0.563. The van der Waals surface area contributed by atoms with Crippen LogP contribution in [-0.2, 0) is 10.8 Å². The van der Waals surface area contributed by atoms with Crippen molar-refractivity contribution in [2.24, 2.45) is 0 Å². The Kier molecular flexibility index (Phi) is 8.36. The molecule has 0 saturated heterocycles. The lowest BCUT2D eigenvalue weighted by Crippen LogP contribution is -2.40. The van der Waals surface area contributed by atoms with Gasteiger partial charge in [0.25, 0.3) is 0 Å². The summed E-state index contributed by atoms with van der Waals surface area (Å²) in [5.41, 5.74) is 17.7. The van der Waals surface area contributed by atoms with Gasteiger partial charge in [0.15, 0.2) is 0 Å². The summed E-state index contributed by atoms with van der Waals surface area (Å²) in [5.74, 6) is 0. The molecule has 260 valence electrons. The van der Waals surface area contributed by atoms with E-state index in [1.54, 1.807) is 0 Å². The van der Waals surface area contributed by atoms with Crippen LogP contribution in [0.15, 0.2) is 206 Å². The molecular weight excluding hydrogens is 651 g/mol. The topological polar surface area (TPSA) is 3.24 Å². The number of hydrogen-bond donors (Lipinski definition) is 0. The fourth-order valence-electron chi connectivity index (χ4n) is 9.04. The lowest BCUT2D eigenvalue weighted by atomic mass is 9.55. The molecule has 0 fully saturated rings. The van der Waals surface area contributed by atoms with Crippen LogP contribution in [0.25, 0.3) is 22.3 Å². The quantitative estimate of drug-likeness (QED) is 0.177. The molecule has 2 aliphatic rings. The van der Waals surface area contributed by atoms with Gasteiger partial charge in [-0.25, -0.2) is 0 Å². The van der Waals surface area contributed by atoms with Gasteiger partial charge in [0.2, 0.25) is 0 Å². The van der Waals surface area contributed by atoms with Crippen LogP contribution in [0.3, 0.4) is 0 Å². The first kappa shape index (κ1) is 33.4. The van der Waals surface area contributed by atoms with Gasteiger partial charge in [0, 0.05) is 22.5 Å². The third-order valence-electron chi connectivity index (χ3n) is 11.5. The number of anilines is 3. The molecule has 0 heterocycles. The Morgan fingerprint density at radius 3 is 1.31 bits per heavy atom. The maximum absolute atomic E-state index is 2.38. The van der Waals surface area contributed by atoms with E-state index >= 15 is 0 Å². The van der Waals surface area contributed by atoms with Crippen LogP contribution in [-0.4, -0.2) is 0 Å². The fourth-order valence-corrected chi connectivity index (χ4v) is 9.04. The van der Waals surface area contributed by atoms with Crippen LogP contribution in [0, 0.1) is 6.92 Å². The zero-order chi connectivity index (χ0) is 36.7. The van der Waals surface area contributed by atoms with Crippen LogP contribution in [0.1, 0.15) is 52.8 Å². The van der Waals surface area contributed by atoms with Crippen LogP contribution in [0.4, 0.5) is 17.1 Å². The second-order valence-electron chi connectivity index (χ2n) is 14.9. The molecule has 0 saturated carbocycles. The normalized spacial score (nSPS) is 13.8. The Morgan fingerprint density at radius 2 is 0.741 bits per heavy atom. The van der Waals surface area contributed by atoms with Gasteiger partial charge >= 0.3 is 0 Å². The zero-order valence-corrected chi connectivity index (χ0v) is 31.1. The number of rotatable bonds is 4. The molecule has 0 aliphatic heterocycles. The van der Waals surface area contributed by atoms with Gasteiger partial charge in [-0.3, -0.25) is 0 Å². The molecule has 2 aliphatic carbocycles. The minimum atomic E-state index is -0.389. The van der Waals surface area contributed by atoms with Gasteiger partial charge in [-0.05, 0) is 99.0 Å². The van der Waals surface area contributed by atoms with Crippen molar-refractivity contribution < 1.29 is 0 Å². The molecule has 0 bridgehead atoms. The van der Waals surface area contributed by atoms with E-state index in [-0.39, 0.29) is 10.8 Å². The van der Waals surface area contributed by atoms with Crippen molar-refractivity contribution in [1.29, 1.82) is 0 Å². The summed E-state index contributed by atoms with van der Waals surface area (Å²) in [7, 11) is 0. The first-order valence-corrected chi connectivity index (χ1v) is 19.0. The third kappa shape index (κ3) is 5.31. The van der Waals surface area contributed by atoms with Crippen molar-refractivity contribution in [1.82, 2.24) is 0 Å². The summed E-state index contributed by atoms with van der Waals surface area (Å²) in [6.45, 7) is 6.90. The molecule has 0 unspecified atom stereocenters. The number of aryl methyl sites for hydroxylation is 1. The molecule has 0 atom stereocenters. The molecule has 8 aromatic rings. The van der Waals surface area contributed by atoms with E-state index in [1.165, 1.54) is 61.2 Å². The Balaban J connectivity index is 0.000000586. The minimum Gasteiger partial charge on any atom is -0.311 e. The highest BCUT2D eigenvalue weighted by Gasteiger charge is 2.53. The predicted molar refractivity (Wildman–Crippen MR) is 227 cm³/mol. The Hall–Kier alpha value is -6.44. The van der Waals surface area contributed by atoms with Gasteiger partial charge in [-0.2, -0.15) is 0 Å². The smallest absolute Gasteiger partial charge is 0.0719 e. The average molecular weight is 694 g/mol. The van der Waals surface area contributed by atoms with E-state index < -0.39 is 0 Å². The average Bonchev–Trinajstić information content (AvgIpc) is 3.54. The SMILES string of the molecule is Cc1ccc(N(c2ccccc2)c2ccc(-c3cccc4c3-c3ccccc3C43c4ccccc4C(C)(C)c4ccccc43)cc2)cc1.c1ccccc1. The molecule has 0 amide bonds. The van der Waals surface area contributed by atoms with Crippen molar-refractivity contribution >= 4 is 17.1 Å².